The van der Waals surface area contributed by atoms with Crippen molar-refractivity contribution >= 4 is 11.8 Å². The Bertz CT molecular complexity index is 274. The molecule has 0 bridgehead atoms. The molecule has 11 heavy (non-hydrogen) atoms. The maximum atomic E-state index is 10.7. The number of hydrogen-bond acceptors (Lipinski definition) is 3. The fourth-order valence-electron chi connectivity index (χ4n) is 0.717. The summed E-state index contributed by atoms with van der Waals surface area (Å²) in [6, 6.07) is 0. The molecule has 0 spiro atoms. The first-order valence-electron chi connectivity index (χ1n) is 2.90. The number of H-pyrrole nitrogens is 1. The van der Waals surface area contributed by atoms with E-state index in [0.717, 1.165) is 6.20 Å². The fourth-order valence-corrected chi connectivity index (χ4v) is 0.717. The Balaban J connectivity index is 3.16. The van der Waals surface area contributed by atoms with Crippen LogP contribution in [0.25, 0.3) is 0 Å². The SMILES string of the molecule is CC(=O)c1[nH]ncc1C(=O)O. The molecule has 0 saturated heterocycles. The van der Waals surface area contributed by atoms with Crippen molar-refractivity contribution < 1.29 is 14.7 Å². The normalized spacial score (nSPS) is 9.55. The molecule has 1 aromatic heterocycles. The lowest BCUT2D eigenvalue weighted by atomic mass is 10.2. The second-order valence-electron chi connectivity index (χ2n) is 2.02. The number of ketones is 1. The highest BCUT2D eigenvalue weighted by molar-refractivity contribution is 6.03. The molecule has 0 atom stereocenters. The highest BCUT2D eigenvalue weighted by Crippen LogP contribution is 2.04. The first-order valence-corrected chi connectivity index (χ1v) is 2.90. The van der Waals surface area contributed by atoms with Crippen LogP contribution in [-0.2, 0) is 0 Å². The fraction of sp³-hybridized carbons (Fsp3) is 0.167. The van der Waals surface area contributed by atoms with Crippen molar-refractivity contribution in [3.05, 3.63) is 17.5 Å². The molecule has 0 saturated carbocycles. The highest BCUT2D eigenvalue weighted by Gasteiger charge is 2.14. The van der Waals surface area contributed by atoms with Crippen molar-refractivity contribution in [1.29, 1.82) is 0 Å². The molecule has 1 heterocycles. The molecule has 0 radical (unpaired) electrons. The molecule has 5 nitrogen and oxygen atoms in total. The van der Waals surface area contributed by atoms with Gasteiger partial charge in [0, 0.05) is 6.92 Å². The summed E-state index contributed by atoms with van der Waals surface area (Å²) < 4.78 is 0. The summed E-state index contributed by atoms with van der Waals surface area (Å²) in [5, 5.41) is 14.2. The molecule has 0 aliphatic heterocycles. The number of aromatic nitrogens is 2. The van der Waals surface area contributed by atoms with E-state index >= 15 is 0 Å². The smallest absolute Gasteiger partial charge is 0.339 e. The predicted molar refractivity (Wildman–Crippen MR) is 35.6 cm³/mol. The summed E-state index contributed by atoms with van der Waals surface area (Å²) in [6.07, 6.45) is 1.11. The topological polar surface area (TPSA) is 83.0 Å². The number of aromatic amines is 1. The number of rotatable bonds is 2. The summed E-state index contributed by atoms with van der Waals surface area (Å²) in [6.45, 7) is 1.28. The van der Waals surface area contributed by atoms with Gasteiger partial charge in [0.1, 0.15) is 11.3 Å². The first-order chi connectivity index (χ1) is 5.13. The number of Topliss-reactive ketones (excluding diaryl/α,β-unsaturated/α-hetero) is 1. The number of nitrogens with one attached hydrogen (secondary N) is 1. The summed E-state index contributed by atoms with van der Waals surface area (Å²) in [4.78, 5) is 21.1. The highest BCUT2D eigenvalue weighted by atomic mass is 16.4. The minimum atomic E-state index is -1.15. The average Bonchev–Trinajstić information content (AvgIpc) is 2.32. The van der Waals surface area contributed by atoms with E-state index in [1.54, 1.807) is 0 Å². The molecule has 0 amide bonds. The second kappa shape index (κ2) is 2.53. The molecular weight excluding hydrogens is 148 g/mol. The van der Waals surface area contributed by atoms with Gasteiger partial charge in [-0.25, -0.2) is 4.79 Å². The van der Waals surface area contributed by atoms with E-state index in [9.17, 15) is 9.59 Å². The largest absolute Gasteiger partial charge is 0.478 e. The van der Waals surface area contributed by atoms with Gasteiger partial charge in [-0.15, -0.1) is 0 Å². The van der Waals surface area contributed by atoms with E-state index in [2.05, 4.69) is 10.2 Å². The zero-order chi connectivity index (χ0) is 8.43. The molecule has 1 rings (SSSR count). The molecule has 0 aliphatic carbocycles. The molecule has 0 unspecified atom stereocenters. The molecule has 0 fully saturated rings. The molecule has 0 aliphatic rings. The Morgan fingerprint density at radius 2 is 2.27 bits per heavy atom. The number of carbonyl (C=O) groups excluding carboxylic acids is 1. The second-order valence-corrected chi connectivity index (χ2v) is 2.02. The predicted octanol–water partition coefficient (Wildman–Crippen LogP) is 0.310. The van der Waals surface area contributed by atoms with Gasteiger partial charge in [0.25, 0.3) is 0 Å². The molecule has 2 N–H and O–H groups in total. The third kappa shape index (κ3) is 1.26. The van der Waals surface area contributed by atoms with Crippen LogP contribution in [-0.4, -0.2) is 27.1 Å². The maximum Gasteiger partial charge on any atom is 0.339 e. The summed E-state index contributed by atoms with van der Waals surface area (Å²) >= 11 is 0. The van der Waals surface area contributed by atoms with E-state index < -0.39 is 5.97 Å². The van der Waals surface area contributed by atoms with E-state index in [1.165, 1.54) is 6.92 Å². The molecule has 0 aromatic carbocycles. The van der Waals surface area contributed by atoms with Crippen molar-refractivity contribution in [1.82, 2.24) is 10.2 Å². The average molecular weight is 154 g/mol. The van der Waals surface area contributed by atoms with Crippen molar-refractivity contribution in [2.24, 2.45) is 0 Å². The lowest BCUT2D eigenvalue weighted by molar-refractivity contribution is 0.0692. The van der Waals surface area contributed by atoms with Crippen LogP contribution in [0.15, 0.2) is 6.20 Å². The molecule has 1 aromatic rings. The zero-order valence-corrected chi connectivity index (χ0v) is 5.79. The number of carbonyl (C=O) groups is 2. The van der Waals surface area contributed by atoms with E-state index in [-0.39, 0.29) is 17.0 Å². The Labute approximate surface area is 62.0 Å². The number of carboxylic acids is 1. The van der Waals surface area contributed by atoms with Gasteiger partial charge in [-0.2, -0.15) is 5.10 Å². The Morgan fingerprint density at radius 1 is 1.64 bits per heavy atom. The summed E-state index contributed by atoms with van der Waals surface area (Å²) in [7, 11) is 0. The third-order valence-electron chi connectivity index (χ3n) is 1.22. The minimum Gasteiger partial charge on any atom is -0.478 e. The number of hydrogen-bond donors (Lipinski definition) is 2. The van der Waals surface area contributed by atoms with Gasteiger partial charge in [0.05, 0.1) is 6.20 Å². The van der Waals surface area contributed by atoms with Crippen LogP contribution in [0.1, 0.15) is 27.8 Å². The Kier molecular flexibility index (Phi) is 1.72. The summed E-state index contributed by atoms with van der Waals surface area (Å²) in [5.74, 6) is -1.48. The van der Waals surface area contributed by atoms with E-state index in [0.29, 0.717) is 0 Å². The standard InChI is InChI=1S/C6H6N2O3/c1-3(9)5-4(6(10)11)2-7-8-5/h2H,1H3,(H,7,8)(H,10,11). The van der Waals surface area contributed by atoms with Crippen LogP contribution in [0.4, 0.5) is 0 Å². The van der Waals surface area contributed by atoms with Crippen LogP contribution in [0, 0.1) is 0 Å². The third-order valence-corrected chi connectivity index (χ3v) is 1.22. The van der Waals surface area contributed by atoms with Crippen LogP contribution in [0.2, 0.25) is 0 Å². The Hall–Kier alpha value is -1.65. The zero-order valence-electron chi connectivity index (χ0n) is 5.79. The number of carboxylic acid groups (broad SMARTS) is 1. The van der Waals surface area contributed by atoms with Gasteiger partial charge in [0.15, 0.2) is 5.78 Å². The van der Waals surface area contributed by atoms with Crippen LogP contribution < -0.4 is 0 Å². The van der Waals surface area contributed by atoms with Crippen molar-refractivity contribution in [3.63, 3.8) is 0 Å². The van der Waals surface area contributed by atoms with Crippen LogP contribution in [0.3, 0.4) is 0 Å². The van der Waals surface area contributed by atoms with Crippen molar-refractivity contribution in [3.8, 4) is 0 Å². The number of nitrogens with zero attached hydrogens (tertiary/aromatic N) is 1. The first kappa shape index (κ1) is 7.46. The van der Waals surface area contributed by atoms with Crippen LogP contribution in [0.5, 0.6) is 0 Å². The van der Waals surface area contributed by atoms with Crippen molar-refractivity contribution in [2.75, 3.05) is 0 Å². The molecular formula is C6H6N2O3. The summed E-state index contributed by atoms with van der Waals surface area (Å²) in [5.41, 5.74) is -0.0463. The molecule has 58 valence electrons. The minimum absolute atomic E-state index is 0.0394. The Morgan fingerprint density at radius 3 is 2.64 bits per heavy atom. The lowest BCUT2D eigenvalue weighted by Crippen LogP contribution is -2.03. The van der Waals surface area contributed by atoms with E-state index in [4.69, 9.17) is 5.11 Å². The van der Waals surface area contributed by atoms with Gasteiger partial charge in [-0.3, -0.25) is 9.89 Å². The van der Waals surface area contributed by atoms with Gasteiger partial charge in [-0.05, 0) is 0 Å². The van der Waals surface area contributed by atoms with Gasteiger partial charge in [-0.1, -0.05) is 0 Å². The van der Waals surface area contributed by atoms with Gasteiger partial charge in [0.2, 0.25) is 0 Å². The van der Waals surface area contributed by atoms with E-state index in [1.807, 2.05) is 0 Å². The molecule has 5 heteroatoms. The maximum absolute atomic E-state index is 10.7. The van der Waals surface area contributed by atoms with Crippen LogP contribution >= 0.6 is 0 Å². The quantitative estimate of drug-likeness (QED) is 0.600. The monoisotopic (exact) mass is 154 g/mol. The van der Waals surface area contributed by atoms with Gasteiger partial charge < -0.3 is 5.11 Å². The van der Waals surface area contributed by atoms with Crippen molar-refractivity contribution in [2.45, 2.75) is 6.92 Å². The van der Waals surface area contributed by atoms with Gasteiger partial charge >= 0.3 is 5.97 Å². The lowest BCUT2D eigenvalue weighted by Gasteiger charge is -1.90. The number of aromatic carboxylic acids is 1.